The first-order chi connectivity index (χ1) is 9.54. The summed E-state index contributed by atoms with van der Waals surface area (Å²) in [7, 11) is 0. The van der Waals surface area contributed by atoms with Gasteiger partial charge in [0, 0.05) is 30.1 Å². The van der Waals surface area contributed by atoms with E-state index in [1.54, 1.807) is 6.26 Å². The Hall–Kier alpha value is -1.52. The van der Waals surface area contributed by atoms with E-state index < -0.39 is 0 Å². The Morgan fingerprint density at radius 3 is 2.76 bits per heavy atom. The lowest BCUT2D eigenvalue weighted by Crippen LogP contribution is -2.32. The topological polar surface area (TPSA) is 59.5 Å². The SMILES string of the molecule is Cc1cc2occ(CC(=O)N3CC[C@@H](N)C3)c2cc1C.Cl. The van der Waals surface area contributed by atoms with Gasteiger partial charge in [0.1, 0.15) is 5.58 Å². The molecule has 1 amide bonds. The van der Waals surface area contributed by atoms with Gasteiger partial charge in [-0.3, -0.25) is 4.79 Å². The summed E-state index contributed by atoms with van der Waals surface area (Å²) in [6, 6.07) is 4.27. The van der Waals surface area contributed by atoms with Crippen LogP contribution < -0.4 is 5.73 Å². The molecule has 0 unspecified atom stereocenters. The van der Waals surface area contributed by atoms with Gasteiger partial charge in [-0.15, -0.1) is 12.4 Å². The fourth-order valence-corrected chi connectivity index (χ4v) is 2.76. The van der Waals surface area contributed by atoms with Crippen molar-refractivity contribution in [1.82, 2.24) is 4.90 Å². The second kappa shape index (κ2) is 6.08. The minimum absolute atomic E-state index is 0. The fraction of sp³-hybridized carbons (Fsp3) is 0.438. The lowest BCUT2D eigenvalue weighted by molar-refractivity contribution is -0.129. The standard InChI is InChI=1S/C16H20N2O2.ClH/c1-10-5-14-12(9-20-15(14)6-11(10)2)7-16(19)18-4-3-13(17)8-18;/h5-6,9,13H,3-4,7-8,17H2,1-2H3;1H/t13-;/m1./s1. The predicted molar refractivity (Wildman–Crippen MR) is 85.8 cm³/mol. The number of amides is 1. The van der Waals surface area contributed by atoms with Crippen molar-refractivity contribution in [3.05, 3.63) is 35.1 Å². The van der Waals surface area contributed by atoms with Crippen LogP contribution in [0.1, 0.15) is 23.1 Å². The van der Waals surface area contributed by atoms with Gasteiger partial charge in [-0.25, -0.2) is 0 Å². The van der Waals surface area contributed by atoms with E-state index >= 15 is 0 Å². The second-order valence-corrected chi connectivity index (χ2v) is 5.76. The molecule has 1 fully saturated rings. The molecule has 0 aliphatic carbocycles. The van der Waals surface area contributed by atoms with Gasteiger partial charge in [0.15, 0.2) is 0 Å². The van der Waals surface area contributed by atoms with Gasteiger partial charge in [0.2, 0.25) is 5.91 Å². The van der Waals surface area contributed by atoms with Crippen LogP contribution in [0, 0.1) is 13.8 Å². The molecule has 21 heavy (non-hydrogen) atoms. The number of benzene rings is 1. The van der Waals surface area contributed by atoms with Crippen LogP contribution in [-0.2, 0) is 11.2 Å². The highest BCUT2D eigenvalue weighted by Crippen LogP contribution is 2.25. The summed E-state index contributed by atoms with van der Waals surface area (Å²) in [5.41, 5.74) is 10.1. The van der Waals surface area contributed by atoms with Gasteiger partial charge in [-0.1, -0.05) is 0 Å². The van der Waals surface area contributed by atoms with Crippen molar-refractivity contribution in [3.8, 4) is 0 Å². The van der Waals surface area contributed by atoms with Crippen LogP contribution in [0.4, 0.5) is 0 Å². The summed E-state index contributed by atoms with van der Waals surface area (Å²) < 4.78 is 5.57. The van der Waals surface area contributed by atoms with Gasteiger partial charge >= 0.3 is 0 Å². The van der Waals surface area contributed by atoms with Crippen LogP contribution in [0.5, 0.6) is 0 Å². The van der Waals surface area contributed by atoms with E-state index in [1.165, 1.54) is 11.1 Å². The van der Waals surface area contributed by atoms with Gasteiger partial charge in [0.05, 0.1) is 12.7 Å². The predicted octanol–water partition coefficient (Wildman–Crippen LogP) is 2.57. The third-order valence-corrected chi connectivity index (χ3v) is 4.19. The molecule has 2 heterocycles. The molecule has 1 aromatic heterocycles. The Kier molecular flexibility index (Phi) is 4.59. The Morgan fingerprint density at radius 1 is 1.38 bits per heavy atom. The largest absolute Gasteiger partial charge is 0.464 e. The molecular weight excluding hydrogens is 288 g/mol. The zero-order chi connectivity index (χ0) is 14.3. The van der Waals surface area contributed by atoms with Crippen LogP contribution in [0.3, 0.4) is 0 Å². The number of carbonyl (C=O) groups excluding carboxylic acids is 1. The van der Waals surface area contributed by atoms with E-state index in [2.05, 4.69) is 19.9 Å². The summed E-state index contributed by atoms with van der Waals surface area (Å²) >= 11 is 0. The van der Waals surface area contributed by atoms with Gasteiger partial charge in [-0.2, -0.15) is 0 Å². The molecule has 1 aromatic carbocycles. The van der Waals surface area contributed by atoms with Crippen LogP contribution in [0.15, 0.2) is 22.8 Å². The van der Waals surface area contributed by atoms with Crippen LogP contribution in [0.25, 0.3) is 11.0 Å². The highest BCUT2D eigenvalue weighted by molar-refractivity contribution is 5.88. The van der Waals surface area contributed by atoms with E-state index in [4.69, 9.17) is 10.2 Å². The highest BCUT2D eigenvalue weighted by Gasteiger charge is 2.24. The maximum absolute atomic E-state index is 12.3. The van der Waals surface area contributed by atoms with Crippen molar-refractivity contribution in [2.24, 2.45) is 5.73 Å². The van der Waals surface area contributed by atoms with Gasteiger partial charge in [0.25, 0.3) is 0 Å². The summed E-state index contributed by atoms with van der Waals surface area (Å²) in [5.74, 6) is 0.138. The van der Waals surface area contributed by atoms with E-state index in [0.29, 0.717) is 13.0 Å². The monoisotopic (exact) mass is 308 g/mol. The zero-order valence-electron chi connectivity index (χ0n) is 12.4. The number of likely N-dealkylation sites (tertiary alicyclic amines) is 1. The van der Waals surface area contributed by atoms with Crippen LogP contribution >= 0.6 is 12.4 Å². The van der Waals surface area contributed by atoms with Crippen molar-refractivity contribution in [1.29, 1.82) is 0 Å². The fourth-order valence-electron chi connectivity index (χ4n) is 2.76. The highest BCUT2D eigenvalue weighted by atomic mass is 35.5. The van der Waals surface area contributed by atoms with E-state index in [9.17, 15) is 4.79 Å². The van der Waals surface area contributed by atoms with Crippen molar-refractivity contribution >= 4 is 29.3 Å². The third-order valence-electron chi connectivity index (χ3n) is 4.19. The molecule has 1 aliphatic heterocycles. The lowest BCUT2D eigenvalue weighted by atomic mass is 10.0. The van der Waals surface area contributed by atoms with Crippen LogP contribution in [0.2, 0.25) is 0 Å². The number of halogens is 1. The van der Waals surface area contributed by atoms with Crippen LogP contribution in [-0.4, -0.2) is 29.9 Å². The molecule has 114 valence electrons. The minimum Gasteiger partial charge on any atom is -0.464 e. The first-order valence-corrected chi connectivity index (χ1v) is 7.05. The number of carbonyl (C=O) groups is 1. The first kappa shape index (κ1) is 15.9. The Bertz CT molecular complexity index is 666. The summed E-state index contributed by atoms with van der Waals surface area (Å²) in [6.45, 7) is 5.58. The molecule has 1 aliphatic rings. The molecule has 0 saturated carbocycles. The van der Waals surface area contributed by atoms with E-state index in [1.807, 2.05) is 11.0 Å². The molecule has 1 atom stereocenters. The molecule has 0 radical (unpaired) electrons. The normalized spacial score (nSPS) is 18.0. The van der Waals surface area contributed by atoms with Gasteiger partial charge in [-0.05, 0) is 43.5 Å². The Morgan fingerprint density at radius 2 is 2.10 bits per heavy atom. The summed E-state index contributed by atoms with van der Waals surface area (Å²) in [6.07, 6.45) is 3.00. The summed E-state index contributed by atoms with van der Waals surface area (Å²) in [4.78, 5) is 14.1. The van der Waals surface area contributed by atoms with E-state index in [-0.39, 0.29) is 24.4 Å². The number of aryl methyl sites for hydroxylation is 2. The number of rotatable bonds is 2. The van der Waals surface area contributed by atoms with Crippen molar-refractivity contribution in [2.75, 3.05) is 13.1 Å². The minimum atomic E-state index is 0. The Balaban J connectivity index is 0.00000161. The molecule has 3 rings (SSSR count). The maximum atomic E-state index is 12.3. The number of fused-ring (bicyclic) bond motifs is 1. The third kappa shape index (κ3) is 3.06. The van der Waals surface area contributed by atoms with Gasteiger partial charge < -0.3 is 15.1 Å². The molecule has 2 aromatic rings. The molecule has 0 spiro atoms. The average Bonchev–Trinajstić information content (AvgIpc) is 2.98. The molecule has 5 heteroatoms. The quantitative estimate of drug-likeness (QED) is 0.927. The number of furan rings is 1. The Labute approximate surface area is 130 Å². The smallest absolute Gasteiger partial charge is 0.227 e. The molecule has 1 saturated heterocycles. The zero-order valence-corrected chi connectivity index (χ0v) is 13.2. The average molecular weight is 309 g/mol. The first-order valence-electron chi connectivity index (χ1n) is 7.05. The number of hydrogen-bond acceptors (Lipinski definition) is 3. The second-order valence-electron chi connectivity index (χ2n) is 5.76. The van der Waals surface area contributed by atoms with E-state index in [0.717, 1.165) is 29.5 Å². The molecular formula is C16H21ClN2O2. The molecule has 2 N–H and O–H groups in total. The summed E-state index contributed by atoms with van der Waals surface area (Å²) in [5, 5.41) is 1.05. The number of nitrogens with zero attached hydrogens (tertiary/aromatic N) is 1. The lowest BCUT2D eigenvalue weighted by Gasteiger charge is -2.15. The number of hydrogen-bond donors (Lipinski definition) is 1. The molecule has 0 bridgehead atoms. The molecule has 4 nitrogen and oxygen atoms in total. The number of nitrogens with two attached hydrogens (primary N) is 1. The maximum Gasteiger partial charge on any atom is 0.227 e. The van der Waals surface area contributed by atoms with Crippen molar-refractivity contribution < 1.29 is 9.21 Å². The van der Waals surface area contributed by atoms with Crippen molar-refractivity contribution in [2.45, 2.75) is 32.7 Å². The van der Waals surface area contributed by atoms with Crippen molar-refractivity contribution in [3.63, 3.8) is 0 Å².